The molecular formula is C14H19ClN2O3S. The number of esters is 1. The maximum absolute atomic E-state index is 12.1. The van der Waals surface area contributed by atoms with Crippen LogP contribution in [0, 0.1) is 0 Å². The van der Waals surface area contributed by atoms with Crippen molar-refractivity contribution >= 4 is 36.0 Å². The Morgan fingerprint density at radius 2 is 2.10 bits per heavy atom. The van der Waals surface area contributed by atoms with E-state index in [1.54, 1.807) is 6.92 Å². The Hall–Kier alpha value is -1.24. The molecule has 2 rings (SSSR count). The van der Waals surface area contributed by atoms with Crippen molar-refractivity contribution in [3.8, 4) is 0 Å². The van der Waals surface area contributed by atoms with Gasteiger partial charge in [-0.2, -0.15) is 0 Å². The minimum absolute atomic E-state index is 0. The third-order valence-corrected chi connectivity index (χ3v) is 4.06. The fraction of sp³-hybridized carbons (Fsp3) is 0.429. The smallest absolute Gasteiger partial charge is 0.330 e. The molecule has 2 N–H and O–H groups in total. The zero-order chi connectivity index (χ0) is 14.5. The number of rotatable bonds is 4. The summed E-state index contributed by atoms with van der Waals surface area (Å²) >= 11 is 1.53. The highest BCUT2D eigenvalue weighted by molar-refractivity contribution is 7.99. The lowest BCUT2D eigenvalue weighted by Crippen LogP contribution is -2.48. The first-order valence-electron chi connectivity index (χ1n) is 6.44. The molecule has 5 nitrogen and oxygen atoms in total. The topological polar surface area (TPSA) is 72.6 Å². The molecule has 1 amide bonds. The van der Waals surface area contributed by atoms with E-state index in [9.17, 15) is 9.59 Å². The maximum atomic E-state index is 12.1. The number of carbonyl (C=O) groups is 2. The Bertz CT molecular complexity index is 484. The highest BCUT2D eigenvalue weighted by Gasteiger charge is 2.36. The Labute approximate surface area is 134 Å². The molecule has 7 heteroatoms. The number of halogens is 1. The van der Waals surface area contributed by atoms with Crippen LogP contribution in [-0.2, 0) is 20.9 Å². The van der Waals surface area contributed by atoms with Crippen molar-refractivity contribution in [2.24, 2.45) is 5.73 Å². The first-order chi connectivity index (χ1) is 9.59. The third-order valence-electron chi connectivity index (χ3n) is 3.05. The van der Waals surface area contributed by atoms with E-state index >= 15 is 0 Å². The lowest BCUT2D eigenvalue weighted by Gasteiger charge is -2.23. The predicted molar refractivity (Wildman–Crippen MR) is 85.1 cm³/mol. The van der Waals surface area contributed by atoms with Gasteiger partial charge < -0.3 is 15.4 Å². The number of ether oxygens (including phenoxy) is 1. The summed E-state index contributed by atoms with van der Waals surface area (Å²) in [6, 6.07) is 8.34. The van der Waals surface area contributed by atoms with Crippen LogP contribution in [0.4, 0.5) is 0 Å². The van der Waals surface area contributed by atoms with Gasteiger partial charge in [0.1, 0.15) is 12.6 Å². The number of hydrogen-bond donors (Lipinski definition) is 1. The van der Waals surface area contributed by atoms with Crippen LogP contribution in [0.5, 0.6) is 0 Å². The number of hydrogen-bond acceptors (Lipinski definition) is 5. The van der Waals surface area contributed by atoms with Gasteiger partial charge in [0.15, 0.2) is 0 Å². The van der Waals surface area contributed by atoms with E-state index in [1.807, 2.05) is 30.3 Å². The molecule has 1 aromatic carbocycles. The average Bonchev–Trinajstić information content (AvgIpc) is 2.94. The zero-order valence-corrected chi connectivity index (χ0v) is 13.4. The van der Waals surface area contributed by atoms with Gasteiger partial charge in [-0.1, -0.05) is 30.3 Å². The summed E-state index contributed by atoms with van der Waals surface area (Å²) in [6.07, 6.45) is 0. The van der Waals surface area contributed by atoms with Gasteiger partial charge >= 0.3 is 5.97 Å². The van der Waals surface area contributed by atoms with Gasteiger partial charge in [-0.15, -0.1) is 24.2 Å². The van der Waals surface area contributed by atoms with Gasteiger partial charge in [0, 0.05) is 5.75 Å². The molecule has 1 aromatic rings. The van der Waals surface area contributed by atoms with Crippen LogP contribution >= 0.6 is 24.2 Å². The summed E-state index contributed by atoms with van der Waals surface area (Å²) in [5.41, 5.74) is 6.52. The van der Waals surface area contributed by atoms with Gasteiger partial charge in [-0.3, -0.25) is 4.79 Å². The van der Waals surface area contributed by atoms with Crippen LogP contribution < -0.4 is 5.73 Å². The van der Waals surface area contributed by atoms with Crippen molar-refractivity contribution in [1.82, 2.24) is 4.90 Å². The van der Waals surface area contributed by atoms with Crippen LogP contribution in [0.1, 0.15) is 12.5 Å². The highest BCUT2D eigenvalue weighted by atomic mass is 35.5. The Kier molecular flexibility index (Phi) is 7.01. The summed E-state index contributed by atoms with van der Waals surface area (Å²) in [5.74, 6) is 0.474. The summed E-state index contributed by atoms with van der Waals surface area (Å²) in [7, 11) is 0. The molecule has 1 heterocycles. The molecular weight excluding hydrogens is 312 g/mol. The normalized spacial score (nSPS) is 18.8. The van der Waals surface area contributed by atoms with E-state index in [2.05, 4.69) is 0 Å². The van der Waals surface area contributed by atoms with Crippen molar-refractivity contribution in [3.05, 3.63) is 35.9 Å². The first kappa shape index (κ1) is 17.8. The molecule has 1 unspecified atom stereocenters. The third kappa shape index (κ3) is 4.62. The van der Waals surface area contributed by atoms with Crippen molar-refractivity contribution in [2.75, 3.05) is 11.6 Å². The second-order valence-electron chi connectivity index (χ2n) is 4.71. The lowest BCUT2D eigenvalue weighted by molar-refractivity contribution is -0.154. The van der Waals surface area contributed by atoms with Crippen LogP contribution in [0.15, 0.2) is 30.3 Å². The number of benzene rings is 1. The Balaban J connectivity index is 0.00000220. The molecule has 1 aliphatic rings. The molecule has 1 aliphatic heterocycles. The minimum atomic E-state index is -0.599. The number of carbonyl (C=O) groups excluding carboxylic acids is 2. The molecule has 2 atom stereocenters. The number of nitrogens with two attached hydrogens (primary N) is 1. The molecule has 116 valence electrons. The SMILES string of the molecule is C[C@@H](N)C(=O)N1CSCC1C(=O)OCc1ccccc1.Cl. The highest BCUT2D eigenvalue weighted by Crippen LogP contribution is 2.22. The zero-order valence-electron chi connectivity index (χ0n) is 11.7. The maximum Gasteiger partial charge on any atom is 0.330 e. The number of amides is 1. The van der Waals surface area contributed by atoms with Gasteiger partial charge in [-0.05, 0) is 12.5 Å². The van der Waals surface area contributed by atoms with Crippen molar-refractivity contribution in [3.63, 3.8) is 0 Å². The summed E-state index contributed by atoms with van der Waals surface area (Å²) in [5, 5.41) is 0. The molecule has 0 spiro atoms. The van der Waals surface area contributed by atoms with Gasteiger partial charge in [0.05, 0.1) is 11.9 Å². The van der Waals surface area contributed by atoms with Crippen LogP contribution in [0.3, 0.4) is 0 Å². The summed E-state index contributed by atoms with van der Waals surface area (Å²) in [6.45, 7) is 1.85. The van der Waals surface area contributed by atoms with Gasteiger partial charge in [-0.25, -0.2) is 4.79 Å². The number of nitrogens with zero attached hydrogens (tertiary/aromatic N) is 1. The van der Waals surface area contributed by atoms with Crippen molar-refractivity contribution in [2.45, 2.75) is 25.6 Å². The van der Waals surface area contributed by atoms with Gasteiger partial charge in [0.2, 0.25) is 5.91 Å². The Morgan fingerprint density at radius 3 is 2.71 bits per heavy atom. The van der Waals surface area contributed by atoms with Crippen molar-refractivity contribution < 1.29 is 14.3 Å². The van der Waals surface area contributed by atoms with Crippen LogP contribution in [0.25, 0.3) is 0 Å². The summed E-state index contributed by atoms with van der Waals surface area (Å²) < 4.78 is 5.29. The monoisotopic (exact) mass is 330 g/mol. The van der Waals surface area contributed by atoms with Crippen LogP contribution in [-0.4, -0.2) is 40.5 Å². The second-order valence-corrected chi connectivity index (χ2v) is 5.71. The molecule has 1 fully saturated rings. The molecule has 0 saturated carbocycles. The second kappa shape index (κ2) is 8.26. The fourth-order valence-corrected chi connectivity index (χ4v) is 3.09. The van der Waals surface area contributed by atoms with E-state index < -0.39 is 12.1 Å². The first-order valence-corrected chi connectivity index (χ1v) is 7.59. The van der Waals surface area contributed by atoms with E-state index in [1.165, 1.54) is 16.7 Å². The minimum Gasteiger partial charge on any atom is -0.459 e. The largest absolute Gasteiger partial charge is 0.459 e. The molecule has 21 heavy (non-hydrogen) atoms. The Morgan fingerprint density at radius 1 is 1.43 bits per heavy atom. The molecule has 0 bridgehead atoms. The molecule has 0 aromatic heterocycles. The molecule has 0 aliphatic carbocycles. The molecule has 0 radical (unpaired) electrons. The molecule has 1 saturated heterocycles. The van der Waals surface area contributed by atoms with E-state index in [0.29, 0.717) is 11.6 Å². The van der Waals surface area contributed by atoms with E-state index in [0.717, 1.165) is 5.56 Å². The standard InChI is InChI=1S/C14H18N2O3S.ClH/c1-10(15)13(17)16-9-20-8-12(16)14(18)19-7-11-5-3-2-4-6-11;/h2-6,10,12H,7-9,15H2,1H3;1H/t10-,12?;/m1./s1. The quantitative estimate of drug-likeness (QED) is 0.845. The van der Waals surface area contributed by atoms with Crippen LogP contribution in [0.2, 0.25) is 0 Å². The average molecular weight is 331 g/mol. The fourth-order valence-electron chi connectivity index (χ4n) is 1.94. The lowest BCUT2D eigenvalue weighted by atomic mass is 10.2. The number of thioether (sulfide) groups is 1. The summed E-state index contributed by atoms with van der Waals surface area (Å²) in [4.78, 5) is 25.5. The van der Waals surface area contributed by atoms with E-state index in [-0.39, 0.29) is 30.9 Å². The van der Waals surface area contributed by atoms with E-state index in [4.69, 9.17) is 10.5 Å². The van der Waals surface area contributed by atoms with Gasteiger partial charge in [0.25, 0.3) is 0 Å². The predicted octanol–water partition coefficient (Wildman–Crippen LogP) is 1.40. The van der Waals surface area contributed by atoms with Crippen molar-refractivity contribution in [1.29, 1.82) is 0 Å².